The molecule has 0 aliphatic heterocycles. The zero-order valence-electron chi connectivity index (χ0n) is 30.6. The fraction of sp³-hybridized carbons (Fsp3) is 0.854. The Morgan fingerprint density at radius 1 is 0.778 bits per heavy atom. The monoisotopic (exact) mass is 626 g/mol. The SMILES string of the molecule is CC(C)CC(C)OC1CCC2CCC(CC(C)(C)C(CC(N)OCCOc3ccc(C4CCCCC4)cc3)C(C)(C)C)CC2C1. The molecule has 45 heavy (non-hydrogen) atoms. The van der Waals surface area contributed by atoms with Crippen molar-refractivity contribution in [2.45, 2.75) is 170 Å². The Labute approximate surface area is 278 Å². The van der Waals surface area contributed by atoms with Gasteiger partial charge in [-0.1, -0.05) is 86.3 Å². The van der Waals surface area contributed by atoms with Gasteiger partial charge in [-0.05, 0) is 135 Å². The minimum Gasteiger partial charge on any atom is -0.491 e. The molecule has 0 bridgehead atoms. The van der Waals surface area contributed by atoms with Crippen LogP contribution in [0.1, 0.15) is 157 Å². The van der Waals surface area contributed by atoms with E-state index in [1.165, 1.54) is 89.0 Å². The lowest BCUT2D eigenvalue weighted by atomic mass is 9.58. The molecule has 4 nitrogen and oxygen atoms in total. The average Bonchev–Trinajstić information content (AvgIpc) is 2.97. The first-order chi connectivity index (χ1) is 21.3. The highest BCUT2D eigenvalue weighted by atomic mass is 16.5. The first-order valence-corrected chi connectivity index (χ1v) is 19.1. The van der Waals surface area contributed by atoms with Crippen molar-refractivity contribution in [3.63, 3.8) is 0 Å². The Morgan fingerprint density at radius 2 is 1.47 bits per heavy atom. The summed E-state index contributed by atoms with van der Waals surface area (Å²) < 4.78 is 18.8. The van der Waals surface area contributed by atoms with Gasteiger partial charge in [-0.15, -0.1) is 0 Å². The minimum absolute atomic E-state index is 0.161. The predicted molar refractivity (Wildman–Crippen MR) is 190 cm³/mol. The minimum atomic E-state index is -0.273. The van der Waals surface area contributed by atoms with Gasteiger partial charge in [0.05, 0.1) is 18.8 Å². The van der Waals surface area contributed by atoms with Crippen molar-refractivity contribution in [3.05, 3.63) is 29.8 Å². The molecule has 3 aliphatic carbocycles. The predicted octanol–water partition coefficient (Wildman–Crippen LogP) is 10.9. The molecule has 3 aliphatic rings. The summed E-state index contributed by atoms with van der Waals surface area (Å²) in [7, 11) is 0. The van der Waals surface area contributed by atoms with E-state index >= 15 is 0 Å². The van der Waals surface area contributed by atoms with Crippen molar-refractivity contribution < 1.29 is 14.2 Å². The topological polar surface area (TPSA) is 53.7 Å². The maximum absolute atomic E-state index is 6.66. The van der Waals surface area contributed by atoms with Gasteiger partial charge < -0.3 is 19.9 Å². The lowest BCUT2D eigenvalue weighted by molar-refractivity contribution is -0.0645. The summed E-state index contributed by atoms with van der Waals surface area (Å²) in [5, 5.41) is 0. The summed E-state index contributed by atoms with van der Waals surface area (Å²) in [5.74, 6) is 5.39. The van der Waals surface area contributed by atoms with E-state index < -0.39 is 0 Å². The van der Waals surface area contributed by atoms with Crippen molar-refractivity contribution in [1.29, 1.82) is 0 Å². The van der Waals surface area contributed by atoms with E-state index in [1.807, 2.05) is 0 Å². The van der Waals surface area contributed by atoms with Gasteiger partial charge >= 0.3 is 0 Å². The van der Waals surface area contributed by atoms with Gasteiger partial charge in [0.2, 0.25) is 0 Å². The van der Waals surface area contributed by atoms with Crippen LogP contribution >= 0.6 is 0 Å². The second kappa shape index (κ2) is 16.8. The number of fused-ring (bicyclic) bond motifs is 1. The molecule has 0 amide bonds. The van der Waals surface area contributed by atoms with E-state index in [1.54, 1.807) is 0 Å². The van der Waals surface area contributed by atoms with Crippen LogP contribution in [0.25, 0.3) is 0 Å². The summed E-state index contributed by atoms with van der Waals surface area (Å²) in [6.07, 6.45) is 18.8. The molecule has 7 unspecified atom stereocenters. The number of benzene rings is 1. The van der Waals surface area contributed by atoms with Crippen LogP contribution in [0, 0.1) is 40.4 Å². The second-order valence-corrected chi connectivity index (χ2v) is 17.7. The molecule has 4 heteroatoms. The summed E-state index contributed by atoms with van der Waals surface area (Å²) >= 11 is 0. The molecule has 258 valence electrons. The molecule has 0 spiro atoms. The average molecular weight is 626 g/mol. The molecule has 4 rings (SSSR count). The number of rotatable bonds is 15. The van der Waals surface area contributed by atoms with Gasteiger partial charge in [-0.25, -0.2) is 0 Å². The Morgan fingerprint density at radius 3 is 2.13 bits per heavy atom. The van der Waals surface area contributed by atoms with E-state index in [4.69, 9.17) is 19.9 Å². The van der Waals surface area contributed by atoms with Crippen LogP contribution in [0.4, 0.5) is 0 Å². The summed E-state index contributed by atoms with van der Waals surface area (Å²) in [6.45, 7) is 20.1. The van der Waals surface area contributed by atoms with Crippen LogP contribution in [-0.4, -0.2) is 31.6 Å². The Kier molecular flexibility index (Phi) is 13.7. The maximum Gasteiger partial charge on any atom is 0.119 e. The molecule has 3 saturated carbocycles. The van der Waals surface area contributed by atoms with Gasteiger partial charge in [-0.2, -0.15) is 0 Å². The van der Waals surface area contributed by atoms with E-state index in [2.05, 4.69) is 79.7 Å². The Bertz CT molecular complexity index is 975. The zero-order chi connectivity index (χ0) is 32.6. The molecular weight excluding hydrogens is 554 g/mol. The Balaban J connectivity index is 1.22. The molecule has 3 fully saturated rings. The lowest BCUT2D eigenvalue weighted by Gasteiger charge is -2.48. The van der Waals surface area contributed by atoms with Crippen LogP contribution in [0.5, 0.6) is 5.75 Å². The second-order valence-electron chi connectivity index (χ2n) is 17.7. The van der Waals surface area contributed by atoms with Crippen molar-refractivity contribution in [2.75, 3.05) is 13.2 Å². The summed E-state index contributed by atoms with van der Waals surface area (Å²) in [5.41, 5.74) is 8.49. The largest absolute Gasteiger partial charge is 0.491 e. The normalized spacial score (nSPS) is 27.2. The van der Waals surface area contributed by atoms with Gasteiger partial charge in [-0.3, -0.25) is 0 Å². The van der Waals surface area contributed by atoms with E-state index in [0.29, 0.717) is 37.3 Å². The zero-order valence-corrected chi connectivity index (χ0v) is 30.6. The van der Waals surface area contributed by atoms with Crippen molar-refractivity contribution in [2.24, 2.45) is 46.2 Å². The fourth-order valence-electron chi connectivity index (χ4n) is 9.97. The van der Waals surface area contributed by atoms with Crippen molar-refractivity contribution >= 4 is 0 Å². The van der Waals surface area contributed by atoms with Crippen LogP contribution in [0.3, 0.4) is 0 Å². The van der Waals surface area contributed by atoms with Crippen LogP contribution in [0.2, 0.25) is 0 Å². The summed E-state index contributed by atoms with van der Waals surface area (Å²) in [4.78, 5) is 0. The lowest BCUT2D eigenvalue weighted by Crippen LogP contribution is -2.42. The Hall–Kier alpha value is -1.10. The highest BCUT2D eigenvalue weighted by Gasteiger charge is 2.43. The van der Waals surface area contributed by atoms with Gasteiger partial charge in [0.25, 0.3) is 0 Å². The van der Waals surface area contributed by atoms with Crippen LogP contribution in [-0.2, 0) is 9.47 Å². The van der Waals surface area contributed by atoms with E-state index in [9.17, 15) is 0 Å². The quantitative estimate of drug-likeness (QED) is 0.156. The highest BCUT2D eigenvalue weighted by Crippen LogP contribution is 2.51. The first-order valence-electron chi connectivity index (χ1n) is 19.1. The number of hydrogen-bond acceptors (Lipinski definition) is 4. The highest BCUT2D eigenvalue weighted by molar-refractivity contribution is 5.29. The third kappa shape index (κ3) is 11.5. The molecule has 1 aromatic rings. The number of hydrogen-bond donors (Lipinski definition) is 1. The smallest absolute Gasteiger partial charge is 0.119 e. The summed E-state index contributed by atoms with van der Waals surface area (Å²) in [6, 6.07) is 8.77. The maximum atomic E-state index is 6.66. The number of ether oxygens (including phenoxy) is 3. The molecular formula is C41H71NO3. The standard InChI is InChI=1S/C41H71NO3/c1-29(2)24-30(3)45-37-21-18-34-15-14-31(25-35(34)26-37)28-41(7,8)38(40(4,5)6)27-39(42)44-23-22-43-36-19-16-33(17-20-36)32-12-10-9-11-13-32/h16-17,19-20,29-32,34-35,37-39H,9-15,18,21-28,42H2,1-8H3. The van der Waals surface area contributed by atoms with Crippen LogP contribution in [0.15, 0.2) is 24.3 Å². The fourth-order valence-corrected chi connectivity index (χ4v) is 9.97. The van der Waals surface area contributed by atoms with Gasteiger partial charge in [0.1, 0.15) is 18.6 Å². The molecule has 2 N–H and O–H groups in total. The molecule has 1 aromatic carbocycles. The van der Waals surface area contributed by atoms with E-state index in [-0.39, 0.29) is 17.1 Å². The molecule has 0 heterocycles. The van der Waals surface area contributed by atoms with Crippen molar-refractivity contribution in [1.82, 2.24) is 0 Å². The molecule has 0 radical (unpaired) electrons. The van der Waals surface area contributed by atoms with Gasteiger partial charge in [0.15, 0.2) is 0 Å². The third-order valence-corrected chi connectivity index (χ3v) is 11.8. The van der Waals surface area contributed by atoms with E-state index in [0.717, 1.165) is 35.8 Å². The molecule has 0 saturated heterocycles. The van der Waals surface area contributed by atoms with Crippen LogP contribution < -0.4 is 10.5 Å². The number of nitrogens with two attached hydrogens (primary N) is 1. The molecule has 0 aromatic heterocycles. The van der Waals surface area contributed by atoms with Crippen molar-refractivity contribution in [3.8, 4) is 5.75 Å². The third-order valence-electron chi connectivity index (χ3n) is 11.8. The molecule has 7 atom stereocenters. The van der Waals surface area contributed by atoms with Gasteiger partial charge in [0, 0.05) is 0 Å². The first kappa shape index (κ1) is 36.7.